The van der Waals surface area contributed by atoms with Gasteiger partial charge in [0.1, 0.15) is 11.6 Å². The van der Waals surface area contributed by atoms with E-state index in [1.54, 1.807) is 17.3 Å². The van der Waals surface area contributed by atoms with Gasteiger partial charge >= 0.3 is 6.36 Å². The molecule has 1 saturated carbocycles. The van der Waals surface area contributed by atoms with Crippen LogP contribution >= 0.6 is 0 Å². The third kappa shape index (κ3) is 5.15. The summed E-state index contributed by atoms with van der Waals surface area (Å²) >= 11 is 0. The van der Waals surface area contributed by atoms with Gasteiger partial charge in [-0.15, -0.1) is 13.2 Å². The Bertz CT molecular complexity index is 897. The fourth-order valence-electron chi connectivity index (χ4n) is 4.36. The first-order valence-electron chi connectivity index (χ1n) is 10.4. The van der Waals surface area contributed by atoms with Crippen LogP contribution in [0.3, 0.4) is 0 Å². The molecule has 168 valence electrons. The number of rotatable bonds is 4. The van der Waals surface area contributed by atoms with Crippen molar-refractivity contribution < 1.29 is 23.0 Å². The SMILES string of the molecule is CC(C)(O)C1CCC(NC2=NC3C(c4cccc(OC(F)(F)F)c4)=CNN3C=C2)CC1. The molecule has 0 bridgehead atoms. The number of aliphatic imine (C=N–C) groups is 1. The Morgan fingerprint density at radius 1 is 1.19 bits per heavy atom. The van der Waals surface area contributed by atoms with Gasteiger partial charge in [-0.1, -0.05) is 12.1 Å². The van der Waals surface area contributed by atoms with Crippen LogP contribution in [0.1, 0.15) is 45.1 Å². The standard InChI is InChI=1S/C22H27F3N4O2/c1-21(2,30)15-6-8-16(9-7-15)27-19-10-11-29-20(28-19)18(13-26-29)14-4-3-5-17(12-14)31-22(23,24)25/h3-5,10-13,15-16,20,26,30H,6-9H2,1-2H3,(H,27,28). The molecule has 0 radical (unpaired) electrons. The first-order valence-corrected chi connectivity index (χ1v) is 10.4. The summed E-state index contributed by atoms with van der Waals surface area (Å²) in [6.07, 6.45) is 4.16. The number of hydrogen-bond acceptors (Lipinski definition) is 6. The quantitative estimate of drug-likeness (QED) is 0.668. The normalized spacial score (nSPS) is 26.0. The molecular weight excluding hydrogens is 409 g/mol. The topological polar surface area (TPSA) is 69.1 Å². The maximum absolute atomic E-state index is 12.6. The van der Waals surface area contributed by atoms with Crippen molar-refractivity contribution in [2.75, 3.05) is 0 Å². The number of aliphatic hydroxyl groups is 1. The Balaban J connectivity index is 1.43. The molecule has 0 spiro atoms. The van der Waals surface area contributed by atoms with E-state index in [1.165, 1.54) is 18.2 Å². The molecule has 0 aromatic heterocycles. The lowest BCUT2D eigenvalue weighted by molar-refractivity contribution is -0.274. The molecule has 9 heteroatoms. The number of hydrogen-bond donors (Lipinski definition) is 3. The first kappa shape index (κ1) is 21.5. The highest BCUT2D eigenvalue weighted by molar-refractivity contribution is 5.95. The zero-order chi connectivity index (χ0) is 22.2. The smallest absolute Gasteiger partial charge is 0.406 e. The second kappa shape index (κ2) is 8.11. The summed E-state index contributed by atoms with van der Waals surface area (Å²) < 4.78 is 41.8. The third-order valence-electron chi connectivity index (χ3n) is 6.04. The molecular formula is C22H27F3N4O2. The Labute approximate surface area is 179 Å². The molecule has 2 aliphatic heterocycles. The Hall–Kier alpha value is -2.68. The predicted octanol–water partition coefficient (Wildman–Crippen LogP) is 3.92. The molecule has 31 heavy (non-hydrogen) atoms. The van der Waals surface area contributed by atoms with Crippen LogP contribution < -0.4 is 15.5 Å². The highest BCUT2D eigenvalue weighted by atomic mass is 19.4. The molecule has 1 aliphatic carbocycles. The minimum absolute atomic E-state index is 0.262. The van der Waals surface area contributed by atoms with Crippen molar-refractivity contribution in [3.8, 4) is 5.75 Å². The monoisotopic (exact) mass is 436 g/mol. The van der Waals surface area contributed by atoms with E-state index in [9.17, 15) is 18.3 Å². The van der Waals surface area contributed by atoms with Gasteiger partial charge < -0.3 is 20.6 Å². The number of hydrazine groups is 1. The van der Waals surface area contributed by atoms with Crippen LogP contribution in [0, 0.1) is 5.92 Å². The lowest BCUT2D eigenvalue weighted by atomic mass is 9.77. The summed E-state index contributed by atoms with van der Waals surface area (Å²) in [7, 11) is 0. The number of halogens is 3. The van der Waals surface area contributed by atoms with E-state index in [2.05, 4.69) is 15.5 Å². The second-order valence-corrected chi connectivity index (χ2v) is 8.76. The summed E-state index contributed by atoms with van der Waals surface area (Å²) in [5.41, 5.74) is 3.78. The van der Waals surface area contributed by atoms with Crippen molar-refractivity contribution in [3.05, 3.63) is 48.3 Å². The molecule has 1 fully saturated rings. The van der Waals surface area contributed by atoms with Crippen LogP contribution in [0.4, 0.5) is 13.2 Å². The average Bonchev–Trinajstić information content (AvgIpc) is 3.10. The van der Waals surface area contributed by atoms with Crippen LogP contribution in [0.15, 0.2) is 47.7 Å². The number of ether oxygens (including phenoxy) is 1. The first-order chi connectivity index (χ1) is 14.6. The average molecular weight is 436 g/mol. The highest BCUT2D eigenvalue weighted by Crippen LogP contribution is 2.34. The van der Waals surface area contributed by atoms with Crippen molar-refractivity contribution >= 4 is 11.4 Å². The molecule has 6 nitrogen and oxygen atoms in total. The van der Waals surface area contributed by atoms with E-state index < -0.39 is 12.0 Å². The minimum atomic E-state index is -4.74. The number of nitrogens with zero attached hydrogens (tertiary/aromatic N) is 2. The zero-order valence-corrected chi connectivity index (χ0v) is 17.5. The van der Waals surface area contributed by atoms with E-state index in [0.717, 1.165) is 37.1 Å². The molecule has 1 aromatic carbocycles. The van der Waals surface area contributed by atoms with Crippen molar-refractivity contribution in [1.82, 2.24) is 15.8 Å². The summed E-state index contributed by atoms with van der Waals surface area (Å²) in [6, 6.07) is 6.18. The molecule has 3 aliphatic rings. The summed E-state index contributed by atoms with van der Waals surface area (Å²) in [6.45, 7) is 3.73. The van der Waals surface area contributed by atoms with Gasteiger partial charge in [-0.25, -0.2) is 4.99 Å². The van der Waals surface area contributed by atoms with Gasteiger partial charge in [0.15, 0.2) is 6.17 Å². The highest BCUT2D eigenvalue weighted by Gasteiger charge is 2.34. The minimum Gasteiger partial charge on any atom is -0.406 e. The van der Waals surface area contributed by atoms with E-state index in [-0.39, 0.29) is 18.0 Å². The summed E-state index contributed by atoms with van der Waals surface area (Å²) in [5, 5.41) is 15.5. The third-order valence-corrected chi connectivity index (χ3v) is 6.04. The van der Waals surface area contributed by atoms with Crippen molar-refractivity contribution in [1.29, 1.82) is 0 Å². The number of amidine groups is 1. The molecule has 1 aromatic rings. The van der Waals surface area contributed by atoms with Gasteiger partial charge in [0, 0.05) is 24.0 Å². The molecule has 2 heterocycles. The van der Waals surface area contributed by atoms with Gasteiger partial charge in [-0.3, -0.25) is 5.01 Å². The van der Waals surface area contributed by atoms with Gasteiger partial charge in [0.05, 0.1) is 5.60 Å². The van der Waals surface area contributed by atoms with Crippen LogP contribution in [-0.4, -0.2) is 40.1 Å². The summed E-state index contributed by atoms with van der Waals surface area (Å²) in [4.78, 5) is 4.77. The summed E-state index contributed by atoms with van der Waals surface area (Å²) in [5.74, 6) is 0.775. The maximum Gasteiger partial charge on any atom is 0.573 e. The maximum atomic E-state index is 12.6. The van der Waals surface area contributed by atoms with E-state index in [4.69, 9.17) is 4.99 Å². The lowest BCUT2D eigenvalue weighted by Crippen LogP contribution is -2.44. The van der Waals surface area contributed by atoms with Gasteiger partial charge in [-0.2, -0.15) is 0 Å². The predicted molar refractivity (Wildman–Crippen MR) is 112 cm³/mol. The van der Waals surface area contributed by atoms with Gasteiger partial charge in [0.25, 0.3) is 0 Å². The molecule has 4 rings (SSSR count). The van der Waals surface area contributed by atoms with Crippen LogP contribution in [-0.2, 0) is 0 Å². The molecule has 3 N–H and O–H groups in total. The van der Waals surface area contributed by atoms with Crippen LogP contribution in [0.25, 0.3) is 5.57 Å². The molecule has 1 atom stereocenters. The van der Waals surface area contributed by atoms with Crippen molar-refractivity contribution in [2.45, 2.75) is 63.7 Å². The fourth-order valence-corrected chi connectivity index (χ4v) is 4.36. The number of nitrogens with one attached hydrogen (secondary N) is 2. The van der Waals surface area contributed by atoms with E-state index >= 15 is 0 Å². The number of benzene rings is 1. The van der Waals surface area contributed by atoms with Crippen molar-refractivity contribution in [3.63, 3.8) is 0 Å². The van der Waals surface area contributed by atoms with Crippen LogP contribution in [0.2, 0.25) is 0 Å². The second-order valence-electron chi connectivity index (χ2n) is 8.76. The Morgan fingerprint density at radius 3 is 2.61 bits per heavy atom. The van der Waals surface area contributed by atoms with Gasteiger partial charge in [0.2, 0.25) is 0 Å². The zero-order valence-electron chi connectivity index (χ0n) is 17.5. The van der Waals surface area contributed by atoms with Crippen LogP contribution in [0.5, 0.6) is 5.75 Å². The fraction of sp³-hybridized carbons (Fsp3) is 0.500. The number of fused-ring (bicyclic) bond motifs is 1. The number of alkyl halides is 3. The van der Waals surface area contributed by atoms with Gasteiger partial charge in [-0.05, 0) is 69.2 Å². The molecule has 0 amide bonds. The Kier molecular flexibility index (Phi) is 5.63. The lowest BCUT2D eigenvalue weighted by Gasteiger charge is -2.36. The largest absolute Gasteiger partial charge is 0.573 e. The Morgan fingerprint density at radius 2 is 1.94 bits per heavy atom. The van der Waals surface area contributed by atoms with Crippen molar-refractivity contribution in [2.24, 2.45) is 10.9 Å². The molecule has 1 unspecified atom stereocenters. The van der Waals surface area contributed by atoms with E-state index in [1.807, 2.05) is 26.1 Å². The van der Waals surface area contributed by atoms with E-state index in [0.29, 0.717) is 11.5 Å². The molecule has 0 saturated heterocycles.